The van der Waals surface area contributed by atoms with E-state index in [4.69, 9.17) is 16.3 Å². The zero-order chi connectivity index (χ0) is 19.6. The number of ether oxygens (including phenoxy) is 1. The van der Waals surface area contributed by atoms with E-state index in [0.29, 0.717) is 17.1 Å². The number of amides is 3. The normalized spacial score (nSPS) is 16.4. The highest BCUT2D eigenvalue weighted by molar-refractivity contribution is 6.31. The molecular formula is C19H17ClFN3O3. The first-order valence-electron chi connectivity index (χ1n) is 8.09. The average Bonchev–Trinajstić information content (AvgIpc) is 2.61. The third-order valence-corrected chi connectivity index (χ3v) is 4.49. The summed E-state index contributed by atoms with van der Waals surface area (Å²) < 4.78 is 19.7. The fourth-order valence-corrected chi connectivity index (χ4v) is 3.21. The van der Waals surface area contributed by atoms with Gasteiger partial charge in [-0.1, -0.05) is 29.8 Å². The van der Waals surface area contributed by atoms with E-state index in [2.05, 4.69) is 16.0 Å². The molecule has 0 spiro atoms. The molecule has 3 amide bonds. The van der Waals surface area contributed by atoms with E-state index in [-0.39, 0.29) is 16.2 Å². The summed E-state index contributed by atoms with van der Waals surface area (Å²) >= 11 is 6.15. The van der Waals surface area contributed by atoms with Crippen LogP contribution in [0.5, 0.6) is 5.75 Å². The van der Waals surface area contributed by atoms with Crippen molar-refractivity contribution in [2.45, 2.75) is 13.0 Å². The molecule has 8 heteroatoms. The van der Waals surface area contributed by atoms with E-state index < -0.39 is 23.8 Å². The Morgan fingerprint density at radius 3 is 2.67 bits per heavy atom. The van der Waals surface area contributed by atoms with Crippen LogP contribution < -0.4 is 20.7 Å². The van der Waals surface area contributed by atoms with Crippen molar-refractivity contribution in [1.29, 1.82) is 0 Å². The Morgan fingerprint density at radius 1 is 1.22 bits per heavy atom. The highest BCUT2D eigenvalue weighted by Gasteiger charge is 2.34. The second-order valence-corrected chi connectivity index (χ2v) is 6.27. The van der Waals surface area contributed by atoms with Gasteiger partial charge in [-0.15, -0.1) is 0 Å². The minimum absolute atomic E-state index is 0.0264. The number of benzene rings is 2. The molecule has 0 saturated heterocycles. The first-order chi connectivity index (χ1) is 12.9. The SMILES string of the molecule is COc1ccccc1NC(=O)C1=C(C)NC(=O)N[C@@H]1c1c(F)cccc1Cl. The Hall–Kier alpha value is -3.06. The number of hydrogen-bond donors (Lipinski definition) is 3. The Kier molecular flexibility index (Phi) is 5.32. The van der Waals surface area contributed by atoms with Crippen LogP contribution in [0.2, 0.25) is 5.02 Å². The average molecular weight is 390 g/mol. The summed E-state index contributed by atoms with van der Waals surface area (Å²) in [7, 11) is 1.49. The Bertz CT molecular complexity index is 925. The lowest BCUT2D eigenvalue weighted by Gasteiger charge is -2.29. The second-order valence-electron chi connectivity index (χ2n) is 5.86. The molecule has 3 rings (SSSR count). The topological polar surface area (TPSA) is 79.5 Å². The van der Waals surface area contributed by atoms with Gasteiger partial charge in [0, 0.05) is 16.3 Å². The summed E-state index contributed by atoms with van der Waals surface area (Å²) in [5.74, 6) is -0.670. The molecule has 2 aromatic rings. The summed E-state index contributed by atoms with van der Waals surface area (Å²) in [6.45, 7) is 1.57. The molecule has 6 nitrogen and oxygen atoms in total. The van der Waals surface area contributed by atoms with Crippen LogP contribution in [0.1, 0.15) is 18.5 Å². The van der Waals surface area contributed by atoms with Gasteiger partial charge in [-0.3, -0.25) is 4.79 Å². The van der Waals surface area contributed by atoms with Crippen molar-refractivity contribution in [3.8, 4) is 5.75 Å². The lowest BCUT2D eigenvalue weighted by atomic mass is 9.94. The maximum Gasteiger partial charge on any atom is 0.319 e. The highest BCUT2D eigenvalue weighted by atomic mass is 35.5. The van der Waals surface area contributed by atoms with Gasteiger partial charge in [-0.25, -0.2) is 9.18 Å². The van der Waals surface area contributed by atoms with E-state index >= 15 is 0 Å². The van der Waals surface area contributed by atoms with Gasteiger partial charge in [0.05, 0.1) is 24.4 Å². The molecule has 1 aliphatic rings. The zero-order valence-electron chi connectivity index (χ0n) is 14.6. The van der Waals surface area contributed by atoms with Crippen LogP contribution in [-0.4, -0.2) is 19.0 Å². The Balaban J connectivity index is 2.03. The molecule has 0 bridgehead atoms. The molecule has 3 N–H and O–H groups in total. The van der Waals surface area contributed by atoms with Gasteiger partial charge in [0.25, 0.3) is 5.91 Å². The quantitative estimate of drug-likeness (QED) is 0.745. The minimum Gasteiger partial charge on any atom is -0.495 e. The fourth-order valence-electron chi connectivity index (χ4n) is 2.94. The molecule has 0 aliphatic carbocycles. The lowest BCUT2D eigenvalue weighted by molar-refractivity contribution is -0.113. The first kappa shape index (κ1) is 18.7. The first-order valence-corrected chi connectivity index (χ1v) is 8.46. The molecule has 0 unspecified atom stereocenters. The summed E-state index contributed by atoms with van der Waals surface area (Å²) in [6.07, 6.45) is 0. The molecule has 2 aromatic carbocycles. The van der Waals surface area contributed by atoms with E-state index in [1.807, 2.05) is 0 Å². The zero-order valence-corrected chi connectivity index (χ0v) is 15.4. The predicted molar refractivity (Wildman–Crippen MR) is 100 cm³/mol. The van der Waals surface area contributed by atoms with Crippen molar-refractivity contribution in [3.63, 3.8) is 0 Å². The van der Waals surface area contributed by atoms with Gasteiger partial charge in [-0.05, 0) is 31.2 Å². The van der Waals surface area contributed by atoms with Crippen molar-refractivity contribution >= 4 is 29.2 Å². The second kappa shape index (κ2) is 7.67. The third-order valence-electron chi connectivity index (χ3n) is 4.16. The largest absolute Gasteiger partial charge is 0.495 e. The van der Waals surface area contributed by atoms with Crippen LogP contribution in [0.4, 0.5) is 14.9 Å². The predicted octanol–water partition coefficient (Wildman–Crippen LogP) is 3.75. The highest BCUT2D eigenvalue weighted by Crippen LogP contribution is 2.34. The molecule has 1 atom stereocenters. The number of rotatable bonds is 4. The van der Waals surface area contributed by atoms with Crippen LogP contribution in [0.25, 0.3) is 0 Å². The number of hydrogen-bond acceptors (Lipinski definition) is 3. The maximum atomic E-state index is 14.4. The van der Waals surface area contributed by atoms with Gasteiger partial charge < -0.3 is 20.7 Å². The molecule has 0 fully saturated rings. The number of carbonyl (C=O) groups excluding carboxylic acids is 2. The number of anilines is 1. The molecule has 0 saturated carbocycles. The number of urea groups is 1. The molecule has 140 valence electrons. The van der Waals surface area contributed by atoms with Crippen LogP contribution in [0.15, 0.2) is 53.7 Å². The molecule has 1 heterocycles. The molecule has 1 aliphatic heterocycles. The molecular weight excluding hydrogens is 373 g/mol. The number of methoxy groups -OCH3 is 1. The van der Waals surface area contributed by atoms with E-state index in [0.717, 1.165) is 0 Å². The minimum atomic E-state index is -1.04. The molecule has 0 aromatic heterocycles. The summed E-state index contributed by atoms with van der Waals surface area (Å²) in [5.41, 5.74) is 0.919. The monoisotopic (exact) mass is 389 g/mol. The van der Waals surface area contributed by atoms with Gasteiger partial charge in [0.1, 0.15) is 11.6 Å². The van der Waals surface area contributed by atoms with Crippen LogP contribution in [-0.2, 0) is 4.79 Å². The van der Waals surface area contributed by atoms with Crippen LogP contribution >= 0.6 is 11.6 Å². The summed E-state index contributed by atoms with van der Waals surface area (Å²) in [6, 6.07) is 9.46. The van der Waals surface area contributed by atoms with Crippen molar-refractivity contribution in [2.75, 3.05) is 12.4 Å². The van der Waals surface area contributed by atoms with Gasteiger partial charge in [-0.2, -0.15) is 0 Å². The third kappa shape index (κ3) is 3.73. The van der Waals surface area contributed by atoms with Gasteiger partial charge in [0.15, 0.2) is 0 Å². The van der Waals surface area contributed by atoms with Crippen LogP contribution in [0.3, 0.4) is 0 Å². The van der Waals surface area contributed by atoms with E-state index in [9.17, 15) is 14.0 Å². The Morgan fingerprint density at radius 2 is 1.96 bits per heavy atom. The van der Waals surface area contributed by atoms with Gasteiger partial charge in [0.2, 0.25) is 0 Å². The summed E-state index contributed by atoms with van der Waals surface area (Å²) in [4.78, 5) is 24.9. The standard InChI is InChI=1S/C19H17ClFN3O3/c1-10-15(18(25)23-13-8-3-4-9-14(13)27-2)17(24-19(26)22-10)16-11(20)6-5-7-12(16)21/h3-9,17H,1-2H3,(H,23,25)(H2,22,24,26)/t17-/m0/s1. The number of para-hydroxylation sites is 2. The smallest absolute Gasteiger partial charge is 0.319 e. The Labute approximate surface area is 160 Å². The maximum absolute atomic E-state index is 14.4. The van der Waals surface area contributed by atoms with Crippen molar-refractivity contribution in [2.24, 2.45) is 0 Å². The number of allylic oxidation sites excluding steroid dienone is 1. The van der Waals surface area contributed by atoms with Crippen molar-refractivity contribution < 1.29 is 18.7 Å². The number of nitrogens with one attached hydrogen (secondary N) is 3. The lowest BCUT2D eigenvalue weighted by Crippen LogP contribution is -2.46. The van der Waals surface area contributed by atoms with Crippen molar-refractivity contribution in [3.05, 3.63) is 70.1 Å². The fraction of sp³-hybridized carbons (Fsp3) is 0.158. The van der Waals surface area contributed by atoms with E-state index in [1.54, 1.807) is 31.2 Å². The summed E-state index contributed by atoms with van der Waals surface area (Å²) in [5, 5.41) is 7.95. The molecule has 0 radical (unpaired) electrons. The number of halogens is 2. The van der Waals surface area contributed by atoms with Crippen molar-refractivity contribution in [1.82, 2.24) is 10.6 Å². The van der Waals surface area contributed by atoms with E-state index in [1.165, 1.54) is 25.3 Å². The van der Waals surface area contributed by atoms with Crippen LogP contribution in [0, 0.1) is 5.82 Å². The molecule has 27 heavy (non-hydrogen) atoms. The van der Waals surface area contributed by atoms with Gasteiger partial charge >= 0.3 is 6.03 Å². The number of carbonyl (C=O) groups is 2.